The Kier molecular flexibility index (Phi) is 11.4. The van der Waals surface area contributed by atoms with Gasteiger partial charge in [0, 0.05) is 30.1 Å². The molecule has 0 bridgehead atoms. The van der Waals surface area contributed by atoms with Crippen LogP contribution in [0.3, 0.4) is 0 Å². The first-order valence-electron chi connectivity index (χ1n) is 15.7. The first-order chi connectivity index (χ1) is 23.3. The highest BCUT2D eigenvalue weighted by molar-refractivity contribution is 5.94. The average Bonchev–Trinajstić information content (AvgIpc) is 3.10. The molecular weight excluding hydrogens is 612 g/mol. The minimum Gasteiger partial charge on any atom is -0.506 e. The normalized spacial score (nSPS) is 12.3. The van der Waals surface area contributed by atoms with E-state index < -0.39 is 18.2 Å². The molecule has 4 aromatic carbocycles. The molecule has 1 aromatic heterocycles. The maximum Gasteiger partial charge on any atom is 0.405 e. The summed E-state index contributed by atoms with van der Waals surface area (Å²) in [5, 5.41) is 39.4. The number of aliphatic hydroxyl groups excluding tert-OH is 1. The number of aliphatic hydroxyl groups is 1. The minimum absolute atomic E-state index is 0.0545. The highest BCUT2D eigenvalue weighted by atomic mass is 16.5. The Balaban J connectivity index is 1.05. The summed E-state index contributed by atoms with van der Waals surface area (Å²) in [6.07, 6.45) is -0.452. The largest absolute Gasteiger partial charge is 0.506 e. The Morgan fingerprint density at radius 2 is 1.60 bits per heavy atom. The Hall–Kier alpha value is -5.65. The molecule has 0 aliphatic heterocycles. The molecule has 0 aliphatic carbocycles. The van der Waals surface area contributed by atoms with Crippen molar-refractivity contribution in [3.8, 4) is 11.5 Å². The number of carbonyl (C=O) groups excluding carboxylic acids is 1. The van der Waals surface area contributed by atoms with Crippen molar-refractivity contribution >= 4 is 22.9 Å². The topological polar surface area (TPSA) is 173 Å². The molecule has 11 heteroatoms. The standard InChI is InChI=1S/C37H38N4O7/c42-31-16-14-29(30-15-17-33(44)40-35(30)31)32(43)22-38-18-4-5-19-39-36(45)27-12-6-8-24(20-27)23-48-28-13-7-11-26(21-28)34(41-37(46)47)25-9-2-1-3-10-25/h1-3,6-17,20-21,32,34,38,41-43H,4-5,18-19,22-23H2,(H,39,45)(H,40,44)(H,46,47)/t32-,34-/m0/s1. The molecule has 48 heavy (non-hydrogen) atoms. The van der Waals surface area contributed by atoms with E-state index in [9.17, 15) is 29.7 Å². The van der Waals surface area contributed by atoms with Gasteiger partial charge in [0.1, 0.15) is 18.1 Å². The summed E-state index contributed by atoms with van der Waals surface area (Å²) < 4.78 is 6.01. The van der Waals surface area contributed by atoms with Gasteiger partial charge in [-0.15, -0.1) is 0 Å². The molecule has 2 atom stereocenters. The summed E-state index contributed by atoms with van der Waals surface area (Å²) in [5.41, 5.74) is 3.44. The molecule has 0 spiro atoms. The van der Waals surface area contributed by atoms with Crippen LogP contribution in [0.5, 0.6) is 11.5 Å². The van der Waals surface area contributed by atoms with Crippen LogP contribution in [0.25, 0.3) is 10.9 Å². The number of hydrogen-bond acceptors (Lipinski definition) is 7. The number of hydrogen-bond donors (Lipinski definition) is 7. The van der Waals surface area contributed by atoms with Gasteiger partial charge in [-0.2, -0.15) is 0 Å². The Morgan fingerprint density at radius 1 is 0.833 bits per heavy atom. The summed E-state index contributed by atoms with van der Waals surface area (Å²) in [6, 6.07) is 29.3. The van der Waals surface area contributed by atoms with Gasteiger partial charge in [-0.1, -0.05) is 60.7 Å². The first-order valence-corrected chi connectivity index (χ1v) is 15.7. The molecule has 2 amide bonds. The smallest absolute Gasteiger partial charge is 0.405 e. The number of carbonyl (C=O) groups is 2. The van der Waals surface area contributed by atoms with Crippen molar-refractivity contribution in [1.29, 1.82) is 0 Å². The van der Waals surface area contributed by atoms with Gasteiger partial charge < -0.3 is 41.0 Å². The maximum atomic E-state index is 12.8. The zero-order chi connectivity index (χ0) is 33.9. The number of H-pyrrole nitrogens is 1. The number of phenolic OH excluding ortho intramolecular Hbond substituents is 1. The van der Waals surface area contributed by atoms with Gasteiger partial charge in [0.05, 0.1) is 17.7 Å². The molecule has 0 radical (unpaired) electrons. The highest BCUT2D eigenvalue weighted by Gasteiger charge is 2.17. The van der Waals surface area contributed by atoms with Crippen molar-refractivity contribution in [2.45, 2.75) is 31.6 Å². The number of unbranched alkanes of at least 4 members (excludes halogenated alkanes) is 1. The van der Waals surface area contributed by atoms with Crippen molar-refractivity contribution < 1.29 is 29.6 Å². The van der Waals surface area contributed by atoms with Crippen molar-refractivity contribution in [3.63, 3.8) is 0 Å². The third kappa shape index (κ3) is 8.99. The SMILES string of the molecule is O=C(O)N[C@@H](c1ccccc1)c1cccc(OCc2cccc(C(=O)NCCCCNC[C@H](O)c3ccc(O)c4[nH]c(=O)ccc34)c2)c1. The summed E-state index contributed by atoms with van der Waals surface area (Å²) in [5.74, 6) is 0.329. The van der Waals surface area contributed by atoms with Gasteiger partial charge in [-0.05, 0) is 78.0 Å². The van der Waals surface area contributed by atoms with Gasteiger partial charge in [-0.25, -0.2) is 4.79 Å². The van der Waals surface area contributed by atoms with Crippen LogP contribution in [-0.4, -0.2) is 51.9 Å². The number of nitrogens with one attached hydrogen (secondary N) is 4. The second-order valence-electron chi connectivity index (χ2n) is 11.3. The quantitative estimate of drug-likeness (QED) is 0.0776. The van der Waals surface area contributed by atoms with E-state index in [4.69, 9.17) is 4.74 Å². The van der Waals surface area contributed by atoms with Crippen LogP contribution >= 0.6 is 0 Å². The number of phenols is 1. The van der Waals surface area contributed by atoms with Crippen LogP contribution in [0, 0.1) is 0 Å². The number of rotatable bonds is 15. The fraction of sp³-hybridized carbons (Fsp3) is 0.216. The van der Waals surface area contributed by atoms with E-state index in [0.29, 0.717) is 40.9 Å². The third-order valence-corrected chi connectivity index (χ3v) is 7.86. The lowest BCUT2D eigenvalue weighted by molar-refractivity contribution is 0.0952. The van der Waals surface area contributed by atoms with Crippen molar-refractivity contribution in [2.24, 2.45) is 0 Å². The minimum atomic E-state index is -1.13. The fourth-order valence-electron chi connectivity index (χ4n) is 5.46. The Bertz CT molecular complexity index is 1910. The molecule has 248 valence electrons. The van der Waals surface area contributed by atoms with E-state index in [1.807, 2.05) is 48.5 Å². The number of pyridine rings is 1. The van der Waals surface area contributed by atoms with E-state index in [2.05, 4.69) is 20.9 Å². The molecule has 7 N–H and O–H groups in total. The summed E-state index contributed by atoms with van der Waals surface area (Å²) >= 11 is 0. The monoisotopic (exact) mass is 650 g/mol. The van der Waals surface area contributed by atoms with Gasteiger partial charge >= 0.3 is 6.09 Å². The Labute approximate surface area is 277 Å². The number of ether oxygens (including phenoxy) is 1. The van der Waals surface area contributed by atoms with E-state index in [1.54, 1.807) is 42.5 Å². The molecule has 1 heterocycles. The average molecular weight is 651 g/mol. The van der Waals surface area contributed by atoms with Gasteiger partial charge in [-0.3, -0.25) is 9.59 Å². The third-order valence-electron chi connectivity index (χ3n) is 7.86. The van der Waals surface area contributed by atoms with E-state index in [1.165, 1.54) is 12.1 Å². The molecule has 0 aliphatic rings. The summed E-state index contributed by atoms with van der Waals surface area (Å²) in [6.45, 7) is 1.63. The number of benzene rings is 4. The molecule has 0 saturated heterocycles. The van der Waals surface area contributed by atoms with E-state index in [-0.39, 0.29) is 30.4 Å². The first kappa shape index (κ1) is 33.7. The molecule has 5 aromatic rings. The lowest BCUT2D eigenvalue weighted by Gasteiger charge is -2.19. The van der Waals surface area contributed by atoms with Crippen LogP contribution in [0.1, 0.15) is 57.6 Å². The second-order valence-corrected chi connectivity index (χ2v) is 11.3. The van der Waals surface area contributed by atoms with Crippen LogP contribution in [0.2, 0.25) is 0 Å². The Morgan fingerprint density at radius 3 is 2.42 bits per heavy atom. The summed E-state index contributed by atoms with van der Waals surface area (Å²) in [7, 11) is 0. The van der Waals surface area contributed by atoms with Gasteiger partial charge in [0.25, 0.3) is 5.91 Å². The predicted octanol–water partition coefficient (Wildman–Crippen LogP) is 5.00. The number of fused-ring (bicyclic) bond motifs is 1. The lowest BCUT2D eigenvalue weighted by atomic mass is 9.98. The fourth-order valence-corrected chi connectivity index (χ4v) is 5.46. The molecule has 11 nitrogen and oxygen atoms in total. The second kappa shape index (κ2) is 16.3. The lowest BCUT2D eigenvalue weighted by Crippen LogP contribution is -2.27. The van der Waals surface area contributed by atoms with E-state index >= 15 is 0 Å². The van der Waals surface area contributed by atoms with Crippen molar-refractivity contribution in [3.05, 3.63) is 141 Å². The zero-order valence-corrected chi connectivity index (χ0v) is 26.2. The predicted molar refractivity (Wildman–Crippen MR) is 182 cm³/mol. The van der Waals surface area contributed by atoms with Crippen LogP contribution < -0.4 is 26.2 Å². The van der Waals surface area contributed by atoms with Crippen LogP contribution in [-0.2, 0) is 6.61 Å². The number of aromatic hydroxyl groups is 1. The highest BCUT2D eigenvalue weighted by Crippen LogP contribution is 2.29. The molecule has 0 saturated carbocycles. The van der Waals surface area contributed by atoms with Crippen LogP contribution in [0.4, 0.5) is 4.79 Å². The van der Waals surface area contributed by atoms with E-state index in [0.717, 1.165) is 29.5 Å². The maximum absolute atomic E-state index is 12.8. The molecule has 5 rings (SSSR count). The number of carboxylic acid groups (broad SMARTS) is 1. The molecule has 0 fully saturated rings. The number of aromatic nitrogens is 1. The van der Waals surface area contributed by atoms with Crippen molar-refractivity contribution in [2.75, 3.05) is 19.6 Å². The molecular formula is C37H38N4O7. The number of amides is 2. The summed E-state index contributed by atoms with van der Waals surface area (Å²) in [4.78, 5) is 38.5. The van der Waals surface area contributed by atoms with Crippen molar-refractivity contribution in [1.82, 2.24) is 20.9 Å². The van der Waals surface area contributed by atoms with Gasteiger partial charge in [0.15, 0.2) is 0 Å². The number of aromatic amines is 1. The van der Waals surface area contributed by atoms with Gasteiger partial charge in [0.2, 0.25) is 5.56 Å². The zero-order valence-electron chi connectivity index (χ0n) is 26.2. The van der Waals surface area contributed by atoms with Crippen LogP contribution in [0.15, 0.2) is 108 Å². The molecule has 0 unspecified atom stereocenters.